The molecule has 0 spiro atoms. The molecule has 0 heterocycles. The van der Waals surface area contributed by atoms with E-state index in [2.05, 4.69) is 54.5 Å². The van der Waals surface area contributed by atoms with Crippen LogP contribution in [0.4, 0.5) is 0 Å². The fourth-order valence-electron chi connectivity index (χ4n) is 10.1. The number of carbonyl (C=O) groups is 1. The lowest BCUT2D eigenvalue weighted by Crippen LogP contribution is -2.58. The number of hydrogen-bond acceptors (Lipinski definition) is 3. The Kier molecular flexibility index (Phi) is 5.58. The molecule has 3 nitrogen and oxygen atoms in total. The van der Waals surface area contributed by atoms with Gasteiger partial charge in [-0.25, -0.2) is 0 Å². The van der Waals surface area contributed by atoms with Crippen LogP contribution in [0.1, 0.15) is 93.4 Å². The SMILES string of the molecule is CC(C)C(C)C1(C)CC1C(C)C1CCC2C3C(O)C=C4CC(O)CCC4(C)C3C(=O)CC12C. The van der Waals surface area contributed by atoms with Gasteiger partial charge in [-0.15, -0.1) is 0 Å². The van der Waals surface area contributed by atoms with Gasteiger partial charge in [0.15, 0.2) is 0 Å². The first-order valence-corrected chi connectivity index (χ1v) is 13.9. The van der Waals surface area contributed by atoms with Crippen molar-refractivity contribution >= 4 is 5.78 Å². The molecule has 3 heteroatoms. The molecule has 5 aliphatic carbocycles. The largest absolute Gasteiger partial charge is 0.393 e. The second-order valence-electron chi connectivity index (χ2n) is 14.2. The Hall–Kier alpha value is -0.670. The number of rotatable bonds is 4. The Morgan fingerprint density at radius 3 is 2.36 bits per heavy atom. The first kappa shape index (κ1) is 24.0. The predicted octanol–water partition coefficient (Wildman–Crippen LogP) is 6.03. The normalized spacial score (nSPS) is 53.1. The monoisotopic (exact) mass is 456 g/mol. The van der Waals surface area contributed by atoms with Crippen LogP contribution in [0.25, 0.3) is 0 Å². The maximum absolute atomic E-state index is 13.9. The number of hydrogen-bond donors (Lipinski definition) is 2. The van der Waals surface area contributed by atoms with E-state index in [9.17, 15) is 15.0 Å². The minimum atomic E-state index is -0.543. The van der Waals surface area contributed by atoms with Gasteiger partial charge >= 0.3 is 0 Å². The molecule has 4 saturated carbocycles. The van der Waals surface area contributed by atoms with Crippen LogP contribution in [0.15, 0.2) is 11.6 Å². The summed E-state index contributed by atoms with van der Waals surface area (Å²) in [5.41, 5.74) is 1.43. The van der Waals surface area contributed by atoms with E-state index >= 15 is 0 Å². The maximum Gasteiger partial charge on any atom is 0.137 e. The Morgan fingerprint density at radius 2 is 1.70 bits per heavy atom. The van der Waals surface area contributed by atoms with Crippen molar-refractivity contribution in [2.24, 2.45) is 63.6 Å². The molecule has 12 unspecified atom stereocenters. The smallest absolute Gasteiger partial charge is 0.137 e. The molecule has 0 amide bonds. The van der Waals surface area contributed by atoms with Crippen LogP contribution in [0.2, 0.25) is 0 Å². The van der Waals surface area contributed by atoms with E-state index in [-0.39, 0.29) is 28.8 Å². The summed E-state index contributed by atoms with van der Waals surface area (Å²) >= 11 is 0. The zero-order valence-electron chi connectivity index (χ0n) is 22.1. The van der Waals surface area contributed by atoms with Gasteiger partial charge in [0, 0.05) is 18.3 Å². The van der Waals surface area contributed by atoms with Crippen molar-refractivity contribution in [3.05, 3.63) is 11.6 Å². The van der Waals surface area contributed by atoms with Crippen molar-refractivity contribution in [2.75, 3.05) is 0 Å². The molecule has 0 aromatic carbocycles. The van der Waals surface area contributed by atoms with Crippen molar-refractivity contribution in [3.8, 4) is 0 Å². The van der Waals surface area contributed by atoms with Gasteiger partial charge in [-0.05, 0) is 90.3 Å². The molecular weight excluding hydrogens is 408 g/mol. The summed E-state index contributed by atoms with van der Waals surface area (Å²) in [5, 5.41) is 21.6. The summed E-state index contributed by atoms with van der Waals surface area (Å²) in [7, 11) is 0. The highest BCUT2D eigenvalue weighted by molar-refractivity contribution is 5.85. The van der Waals surface area contributed by atoms with E-state index in [4.69, 9.17) is 0 Å². The Balaban J connectivity index is 1.43. The molecule has 0 aromatic heterocycles. The third-order valence-electron chi connectivity index (χ3n) is 12.5. The highest BCUT2D eigenvalue weighted by Gasteiger charge is 2.66. The van der Waals surface area contributed by atoms with Crippen LogP contribution in [0.5, 0.6) is 0 Å². The second-order valence-corrected chi connectivity index (χ2v) is 14.2. The summed E-state index contributed by atoms with van der Waals surface area (Å²) in [6.07, 6.45) is 7.85. The number of Topliss-reactive ketones (excluding diaryl/α,β-unsaturated/α-hetero) is 1. The van der Waals surface area contributed by atoms with Crippen LogP contribution < -0.4 is 0 Å². The highest BCUT2D eigenvalue weighted by Crippen LogP contribution is 2.70. The van der Waals surface area contributed by atoms with E-state index in [1.807, 2.05) is 0 Å². The van der Waals surface area contributed by atoms with Crippen molar-refractivity contribution in [1.82, 2.24) is 0 Å². The molecule has 0 aromatic rings. The van der Waals surface area contributed by atoms with Gasteiger partial charge in [0.2, 0.25) is 0 Å². The molecule has 0 bridgehead atoms. The minimum Gasteiger partial charge on any atom is -0.393 e. The van der Waals surface area contributed by atoms with E-state index in [1.54, 1.807) is 0 Å². The minimum absolute atomic E-state index is 0.0130. The zero-order chi connectivity index (χ0) is 24.1. The first-order chi connectivity index (χ1) is 15.3. The average molecular weight is 457 g/mol. The lowest BCUT2D eigenvalue weighted by molar-refractivity contribution is -0.153. The number of aliphatic hydroxyl groups is 2. The van der Waals surface area contributed by atoms with Gasteiger partial charge in [0.05, 0.1) is 12.2 Å². The highest BCUT2D eigenvalue weighted by atomic mass is 16.3. The molecule has 4 fully saturated rings. The molecule has 5 rings (SSSR count). The van der Waals surface area contributed by atoms with E-state index in [1.165, 1.54) is 12.8 Å². The topological polar surface area (TPSA) is 57.5 Å². The zero-order valence-corrected chi connectivity index (χ0v) is 22.1. The Labute approximate surface area is 201 Å². The molecule has 0 aliphatic heterocycles. The lowest BCUT2D eigenvalue weighted by Gasteiger charge is -2.58. The van der Waals surface area contributed by atoms with Crippen LogP contribution in [-0.2, 0) is 4.79 Å². The molecule has 0 saturated heterocycles. The van der Waals surface area contributed by atoms with Gasteiger partial charge in [0.25, 0.3) is 0 Å². The summed E-state index contributed by atoms with van der Waals surface area (Å²) in [6.45, 7) is 16.8. The molecule has 33 heavy (non-hydrogen) atoms. The third-order valence-corrected chi connectivity index (χ3v) is 12.5. The van der Waals surface area contributed by atoms with Crippen molar-refractivity contribution in [3.63, 3.8) is 0 Å². The third kappa shape index (κ3) is 3.30. The number of aliphatic hydroxyl groups excluding tert-OH is 2. The predicted molar refractivity (Wildman–Crippen MR) is 132 cm³/mol. The Bertz CT molecular complexity index is 845. The van der Waals surface area contributed by atoms with Gasteiger partial charge < -0.3 is 10.2 Å². The number of ketones is 1. The van der Waals surface area contributed by atoms with E-state index < -0.39 is 6.10 Å². The maximum atomic E-state index is 13.9. The van der Waals surface area contributed by atoms with Crippen molar-refractivity contribution < 1.29 is 15.0 Å². The van der Waals surface area contributed by atoms with Crippen LogP contribution >= 0.6 is 0 Å². The fraction of sp³-hybridized carbons (Fsp3) is 0.900. The van der Waals surface area contributed by atoms with Crippen LogP contribution in [0, 0.1) is 63.6 Å². The Morgan fingerprint density at radius 1 is 1.00 bits per heavy atom. The van der Waals surface area contributed by atoms with E-state index in [0.717, 1.165) is 36.7 Å². The summed E-state index contributed by atoms with van der Waals surface area (Å²) in [4.78, 5) is 13.9. The van der Waals surface area contributed by atoms with Crippen LogP contribution in [-0.4, -0.2) is 28.2 Å². The second kappa shape index (κ2) is 7.66. The van der Waals surface area contributed by atoms with Gasteiger partial charge in [-0.3, -0.25) is 4.79 Å². The number of fused-ring (bicyclic) bond motifs is 5. The molecule has 186 valence electrons. The standard InChI is InChI=1S/C30H48O3/c1-16(2)18(4)29(6)14-23(29)17(3)21-8-9-22-26-24(32)13-19-12-20(31)10-11-28(19,5)27(26)25(33)15-30(21,22)7/h13,16-18,20-24,26-27,31-32H,8-12,14-15H2,1-7H3. The molecular formula is C30H48O3. The molecule has 5 aliphatic rings. The lowest BCUT2D eigenvalue weighted by atomic mass is 9.46. The van der Waals surface area contributed by atoms with Crippen molar-refractivity contribution in [2.45, 2.75) is 106 Å². The van der Waals surface area contributed by atoms with Gasteiger partial charge in [0.1, 0.15) is 5.78 Å². The van der Waals surface area contributed by atoms with Gasteiger partial charge in [-0.2, -0.15) is 0 Å². The van der Waals surface area contributed by atoms with Crippen LogP contribution in [0.3, 0.4) is 0 Å². The summed E-state index contributed by atoms with van der Waals surface area (Å²) in [5.74, 6) is 4.24. The molecule has 12 atom stereocenters. The average Bonchev–Trinajstić information content (AvgIpc) is 3.31. The first-order valence-electron chi connectivity index (χ1n) is 13.9. The molecule has 0 radical (unpaired) electrons. The molecule has 2 N–H and O–H groups in total. The van der Waals surface area contributed by atoms with E-state index in [0.29, 0.717) is 47.7 Å². The summed E-state index contributed by atoms with van der Waals surface area (Å²) in [6, 6.07) is 0. The van der Waals surface area contributed by atoms with Gasteiger partial charge in [-0.1, -0.05) is 60.1 Å². The summed E-state index contributed by atoms with van der Waals surface area (Å²) < 4.78 is 0. The number of carbonyl (C=O) groups excluding carboxylic acids is 1. The van der Waals surface area contributed by atoms with Crippen molar-refractivity contribution in [1.29, 1.82) is 0 Å². The quantitative estimate of drug-likeness (QED) is 0.508. The fourth-order valence-corrected chi connectivity index (χ4v) is 10.1.